The topological polar surface area (TPSA) is 39.2 Å². The number of hydrogen-bond acceptors (Lipinski definition) is 3. The molecule has 2 saturated carbocycles. The van der Waals surface area contributed by atoms with Gasteiger partial charge in [0.25, 0.3) is 0 Å². The van der Waals surface area contributed by atoms with E-state index in [9.17, 15) is 9.18 Å². The molecular weight excluding hydrogens is 329 g/mol. The molecule has 0 N–H and O–H groups in total. The summed E-state index contributed by atoms with van der Waals surface area (Å²) in [5.41, 5.74) is 3.62. The van der Waals surface area contributed by atoms with Crippen LogP contribution in [0.3, 0.4) is 0 Å². The van der Waals surface area contributed by atoms with Crippen LogP contribution in [0.15, 0.2) is 24.3 Å². The molecule has 4 rings (SSSR count). The first kappa shape index (κ1) is 15.6. The molecule has 0 spiro atoms. The molecule has 5 heteroatoms. The Kier molecular flexibility index (Phi) is 3.80. The Morgan fingerprint density at radius 3 is 2.46 bits per heavy atom. The van der Waals surface area contributed by atoms with Gasteiger partial charge in [-0.15, -0.1) is 0 Å². The fraction of sp³-hybridized carbons (Fsp3) is 0.368. The Morgan fingerprint density at radius 2 is 1.88 bits per heavy atom. The van der Waals surface area contributed by atoms with Gasteiger partial charge in [0.1, 0.15) is 5.82 Å². The second-order valence-electron chi connectivity index (χ2n) is 6.52. The molecule has 2 fully saturated rings. The van der Waals surface area contributed by atoms with Crippen molar-refractivity contribution >= 4 is 17.6 Å². The molecule has 3 nitrogen and oxygen atoms in total. The minimum absolute atomic E-state index is 0.287. The van der Waals surface area contributed by atoms with Crippen LogP contribution in [-0.2, 0) is 4.74 Å². The number of hydrogen-bond donors (Lipinski definition) is 0. The fourth-order valence-corrected chi connectivity index (χ4v) is 3.33. The summed E-state index contributed by atoms with van der Waals surface area (Å²) in [6.07, 6.45) is 4.29. The van der Waals surface area contributed by atoms with Crippen molar-refractivity contribution in [3.63, 3.8) is 0 Å². The normalized spacial score (nSPS) is 17.0. The van der Waals surface area contributed by atoms with Crippen LogP contribution in [0.1, 0.15) is 59.3 Å². The standard InChI is InChI=1S/C19H17ClFNO2/c1-24-19(23)17-14(13-7-6-12(21)8-15(13)20)9-16(10-2-3-10)22-18(17)11-4-5-11/h6-11H,2-5H2,1H3. The molecule has 124 valence electrons. The molecule has 0 atom stereocenters. The van der Waals surface area contributed by atoms with Crippen LogP contribution < -0.4 is 0 Å². The molecule has 0 radical (unpaired) electrons. The van der Waals surface area contributed by atoms with E-state index in [1.165, 1.54) is 19.2 Å². The highest BCUT2D eigenvalue weighted by Gasteiger charge is 2.35. The van der Waals surface area contributed by atoms with E-state index in [1.807, 2.05) is 6.07 Å². The molecule has 2 aliphatic carbocycles. The zero-order valence-corrected chi connectivity index (χ0v) is 14.1. The van der Waals surface area contributed by atoms with Gasteiger partial charge in [-0.2, -0.15) is 0 Å². The molecule has 0 amide bonds. The average Bonchev–Trinajstić information content (AvgIpc) is 3.46. The van der Waals surface area contributed by atoms with Crippen molar-refractivity contribution in [3.05, 3.63) is 52.1 Å². The molecule has 0 aliphatic heterocycles. The predicted molar refractivity (Wildman–Crippen MR) is 89.9 cm³/mol. The Morgan fingerprint density at radius 1 is 1.17 bits per heavy atom. The number of carbonyl (C=O) groups excluding carboxylic acids is 1. The Bertz CT molecular complexity index is 828. The lowest BCUT2D eigenvalue weighted by Gasteiger charge is -2.16. The summed E-state index contributed by atoms with van der Waals surface area (Å²) < 4.78 is 18.4. The highest BCUT2D eigenvalue weighted by atomic mass is 35.5. The van der Waals surface area contributed by atoms with Crippen molar-refractivity contribution in [2.45, 2.75) is 37.5 Å². The number of esters is 1. The highest BCUT2D eigenvalue weighted by molar-refractivity contribution is 6.33. The van der Waals surface area contributed by atoms with E-state index in [-0.39, 0.29) is 5.02 Å². The molecule has 24 heavy (non-hydrogen) atoms. The van der Waals surface area contributed by atoms with Crippen LogP contribution in [-0.4, -0.2) is 18.1 Å². The number of benzene rings is 1. The Balaban J connectivity index is 1.96. The van der Waals surface area contributed by atoms with Crippen molar-refractivity contribution < 1.29 is 13.9 Å². The zero-order chi connectivity index (χ0) is 16.8. The number of halogens is 2. The van der Waals surface area contributed by atoms with Gasteiger partial charge in [0, 0.05) is 28.7 Å². The van der Waals surface area contributed by atoms with E-state index in [4.69, 9.17) is 21.3 Å². The van der Waals surface area contributed by atoms with Crippen molar-refractivity contribution in [2.75, 3.05) is 7.11 Å². The third kappa shape index (κ3) is 2.80. The predicted octanol–water partition coefficient (Wildman–Crippen LogP) is 5.08. The quantitative estimate of drug-likeness (QED) is 0.725. The van der Waals surface area contributed by atoms with Gasteiger partial charge in [0.15, 0.2) is 0 Å². The monoisotopic (exact) mass is 345 g/mol. The average molecular weight is 346 g/mol. The minimum Gasteiger partial charge on any atom is -0.465 e. The van der Waals surface area contributed by atoms with Crippen molar-refractivity contribution in [3.8, 4) is 11.1 Å². The van der Waals surface area contributed by atoms with Gasteiger partial charge in [-0.05, 0) is 49.9 Å². The lowest BCUT2D eigenvalue weighted by molar-refractivity contribution is 0.0599. The molecule has 0 saturated heterocycles. The van der Waals surface area contributed by atoms with Crippen LogP contribution in [0, 0.1) is 5.82 Å². The largest absolute Gasteiger partial charge is 0.465 e. The lowest BCUT2D eigenvalue weighted by atomic mass is 9.95. The molecule has 1 aromatic carbocycles. The van der Waals surface area contributed by atoms with Gasteiger partial charge in [0.2, 0.25) is 0 Å². The maximum Gasteiger partial charge on any atom is 0.340 e. The molecule has 1 heterocycles. The van der Waals surface area contributed by atoms with Crippen molar-refractivity contribution in [2.24, 2.45) is 0 Å². The molecule has 0 bridgehead atoms. The van der Waals surface area contributed by atoms with E-state index in [0.717, 1.165) is 37.1 Å². The smallest absolute Gasteiger partial charge is 0.340 e. The number of carbonyl (C=O) groups is 1. The third-order valence-electron chi connectivity index (χ3n) is 4.64. The van der Waals surface area contributed by atoms with Gasteiger partial charge in [-0.3, -0.25) is 4.98 Å². The number of methoxy groups -OCH3 is 1. The molecule has 0 unspecified atom stereocenters. The first-order valence-corrected chi connectivity index (χ1v) is 8.55. The first-order chi connectivity index (χ1) is 11.6. The fourth-order valence-electron chi connectivity index (χ4n) is 3.06. The third-order valence-corrected chi connectivity index (χ3v) is 4.95. The highest BCUT2D eigenvalue weighted by Crippen LogP contribution is 2.47. The first-order valence-electron chi connectivity index (χ1n) is 8.17. The van der Waals surface area contributed by atoms with Gasteiger partial charge in [-0.1, -0.05) is 11.6 Å². The van der Waals surface area contributed by atoms with Crippen LogP contribution in [0.2, 0.25) is 5.02 Å². The zero-order valence-electron chi connectivity index (χ0n) is 13.3. The number of aromatic nitrogens is 1. The van der Waals surface area contributed by atoms with E-state index in [2.05, 4.69) is 0 Å². The molecule has 2 aromatic rings. The van der Waals surface area contributed by atoms with Gasteiger partial charge in [0.05, 0.1) is 23.4 Å². The van der Waals surface area contributed by atoms with Crippen LogP contribution in [0.25, 0.3) is 11.1 Å². The second-order valence-corrected chi connectivity index (χ2v) is 6.93. The van der Waals surface area contributed by atoms with Crippen LogP contribution >= 0.6 is 11.6 Å². The number of rotatable bonds is 4. The van der Waals surface area contributed by atoms with Crippen LogP contribution in [0.4, 0.5) is 4.39 Å². The summed E-state index contributed by atoms with van der Waals surface area (Å²) >= 11 is 6.27. The maximum absolute atomic E-state index is 13.4. The lowest BCUT2D eigenvalue weighted by Crippen LogP contribution is -2.11. The molecule has 1 aromatic heterocycles. The van der Waals surface area contributed by atoms with E-state index < -0.39 is 11.8 Å². The summed E-state index contributed by atoms with van der Waals surface area (Å²) in [4.78, 5) is 17.2. The van der Waals surface area contributed by atoms with E-state index in [1.54, 1.807) is 6.07 Å². The summed E-state index contributed by atoms with van der Waals surface area (Å²) in [6.45, 7) is 0. The summed E-state index contributed by atoms with van der Waals surface area (Å²) in [5, 5.41) is 0.287. The summed E-state index contributed by atoms with van der Waals surface area (Å²) in [6, 6.07) is 6.17. The van der Waals surface area contributed by atoms with Gasteiger partial charge >= 0.3 is 5.97 Å². The van der Waals surface area contributed by atoms with Crippen molar-refractivity contribution in [1.29, 1.82) is 0 Å². The minimum atomic E-state index is -0.415. The second kappa shape index (κ2) is 5.85. The van der Waals surface area contributed by atoms with Crippen molar-refractivity contribution in [1.82, 2.24) is 4.98 Å². The summed E-state index contributed by atoms with van der Waals surface area (Å²) in [7, 11) is 1.36. The number of ether oxygens (including phenoxy) is 1. The molecular formula is C19H17ClFNO2. The molecule has 2 aliphatic rings. The maximum atomic E-state index is 13.4. The van der Waals surface area contributed by atoms with Gasteiger partial charge < -0.3 is 4.74 Å². The Labute approximate surface area is 144 Å². The number of pyridine rings is 1. The Hall–Kier alpha value is -1.94. The van der Waals surface area contributed by atoms with Gasteiger partial charge in [-0.25, -0.2) is 9.18 Å². The summed E-state index contributed by atoms with van der Waals surface area (Å²) in [5.74, 6) is -0.0626. The van der Waals surface area contributed by atoms with Crippen LogP contribution in [0.5, 0.6) is 0 Å². The van der Waals surface area contributed by atoms with E-state index >= 15 is 0 Å². The van der Waals surface area contributed by atoms with E-state index in [0.29, 0.717) is 28.5 Å². The number of nitrogens with zero attached hydrogens (tertiary/aromatic N) is 1. The SMILES string of the molecule is COC(=O)c1c(-c2ccc(F)cc2Cl)cc(C2CC2)nc1C1CC1.